The molecule has 0 fully saturated rings. The number of hydrogen-bond donors (Lipinski definition) is 2. The fourth-order valence-electron chi connectivity index (χ4n) is 2.43. The molecular formula is C15H15N3O2. The van der Waals surface area contributed by atoms with Gasteiger partial charge in [-0.25, -0.2) is 4.98 Å². The minimum atomic E-state index is -0.804. The summed E-state index contributed by atoms with van der Waals surface area (Å²) in [4.78, 5) is 18.2. The van der Waals surface area contributed by atoms with Crippen molar-refractivity contribution in [2.24, 2.45) is 7.05 Å². The number of imidazole rings is 1. The number of fused-ring (bicyclic) bond motifs is 1. The first-order valence-electron chi connectivity index (χ1n) is 6.45. The lowest BCUT2D eigenvalue weighted by Gasteiger charge is -2.04. The number of carboxylic acids is 1. The summed E-state index contributed by atoms with van der Waals surface area (Å²) >= 11 is 0. The lowest BCUT2D eigenvalue weighted by molar-refractivity contribution is -0.137. The van der Waals surface area contributed by atoms with Crippen LogP contribution in [0.5, 0.6) is 0 Å². The Morgan fingerprint density at radius 1 is 1.40 bits per heavy atom. The molecule has 1 aromatic carbocycles. The van der Waals surface area contributed by atoms with Gasteiger partial charge in [0, 0.05) is 36.1 Å². The van der Waals surface area contributed by atoms with Crippen LogP contribution in [0.3, 0.4) is 0 Å². The van der Waals surface area contributed by atoms with Crippen molar-refractivity contribution in [3.63, 3.8) is 0 Å². The van der Waals surface area contributed by atoms with E-state index < -0.39 is 5.97 Å². The van der Waals surface area contributed by atoms with Crippen molar-refractivity contribution in [1.29, 1.82) is 0 Å². The Morgan fingerprint density at radius 2 is 2.20 bits per heavy atom. The molecule has 0 radical (unpaired) electrons. The molecule has 0 aliphatic rings. The van der Waals surface area contributed by atoms with E-state index in [1.165, 1.54) is 0 Å². The third kappa shape index (κ3) is 2.07. The van der Waals surface area contributed by atoms with Crippen molar-refractivity contribution in [3.05, 3.63) is 42.5 Å². The quantitative estimate of drug-likeness (QED) is 0.764. The number of carbonyl (C=O) groups is 1. The number of hydrogen-bond acceptors (Lipinski definition) is 2. The van der Waals surface area contributed by atoms with Gasteiger partial charge in [-0.2, -0.15) is 0 Å². The van der Waals surface area contributed by atoms with Crippen LogP contribution in [0.1, 0.15) is 12.2 Å². The van der Waals surface area contributed by atoms with E-state index in [0.717, 1.165) is 28.0 Å². The number of para-hydroxylation sites is 1. The predicted octanol–water partition coefficient (Wildman–Crippen LogP) is 2.59. The van der Waals surface area contributed by atoms with E-state index >= 15 is 0 Å². The van der Waals surface area contributed by atoms with Crippen molar-refractivity contribution in [2.45, 2.75) is 12.8 Å². The van der Waals surface area contributed by atoms with Crippen LogP contribution in [-0.4, -0.2) is 25.6 Å². The number of aromatic amines is 1. The predicted molar refractivity (Wildman–Crippen MR) is 76.5 cm³/mol. The van der Waals surface area contributed by atoms with Crippen LogP contribution >= 0.6 is 0 Å². The Bertz CT molecular complexity index is 770. The number of aliphatic carboxylic acids is 1. The van der Waals surface area contributed by atoms with Crippen molar-refractivity contribution in [1.82, 2.24) is 14.5 Å². The van der Waals surface area contributed by atoms with Gasteiger partial charge in [-0.15, -0.1) is 0 Å². The van der Waals surface area contributed by atoms with Crippen LogP contribution in [0, 0.1) is 0 Å². The van der Waals surface area contributed by atoms with Crippen molar-refractivity contribution >= 4 is 16.9 Å². The monoisotopic (exact) mass is 269 g/mol. The summed E-state index contributed by atoms with van der Waals surface area (Å²) in [6.45, 7) is 0. The third-order valence-corrected chi connectivity index (χ3v) is 3.51. The maximum absolute atomic E-state index is 10.7. The fraction of sp³-hybridized carbons (Fsp3) is 0.200. The number of nitrogens with one attached hydrogen (secondary N) is 1. The Morgan fingerprint density at radius 3 is 3.00 bits per heavy atom. The molecule has 3 rings (SSSR count). The van der Waals surface area contributed by atoms with Crippen LogP contribution in [0.2, 0.25) is 0 Å². The minimum absolute atomic E-state index is 0.0954. The molecule has 0 atom stereocenters. The summed E-state index contributed by atoms with van der Waals surface area (Å²) in [5.41, 5.74) is 3.15. The SMILES string of the molecule is Cn1c(-c2c[nH]c3ccccc23)cnc1CCC(=O)O. The molecule has 0 saturated heterocycles. The van der Waals surface area contributed by atoms with Crippen LogP contribution in [0.25, 0.3) is 22.2 Å². The highest BCUT2D eigenvalue weighted by Crippen LogP contribution is 2.28. The molecule has 0 aliphatic carbocycles. The highest BCUT2D eigenvalue weighted by Gasteiger charge is 2.13. The number of nitrogens with zero attached hydrogens (tertiary/aromatic N) is 2. The summed E-state index contributed by atoms with van der Waals surface area (Å²) in [6.07, 6.45) is 4.29. The second-order valence-electron chi connectivity index (χ2n) is 4.76. The van der Waals surface area contributed by atoms with E-state index in [4.69, 9.17) is 5.11 Å². The van der Waals surface area contributed by atoms with Crippen molar-refractivity contribution in [3.8, 4) is 11.3 Å². The van der Waals surface area contributed by atoms with E-state index in [2.05, 4.69) is 16.0 Å². The van der Waals surface area contributed by atoms with Gasteiger partial charge < -0.3 is 14.7 Å². The zero-order chi connectivity index (χ0) is 14.1. The van der Waals surface area contributed by atoms with Gasteiger partial charge in [-0.3, -0.25) is 4.79 Å². The normalized spacial score (nSPS) is 11.1. The van der Waals surface area contributed by atoms with E-state index in [0.29, 0.717) is 6.42 Å². The summed E-state index contributed by atoms with van der Waals surface area (Å²) in [6, 6.07) is 8.08. The molecule has 2 heterocycles. The number of rotatable bonds is 4. The fourth-order valence-corrected chi connectivity index (χ4v) is 2.43. The van der Waals surface area contributed by atoms with Gasteiger partial charge in [0.2, 0.25) is 0 Å². The molecule has 0 bridgehead atoms. The summed E-state index contributed by atoms with van der Waals surface area (Å²) in [5, 5.41) is 9.89. The first-order valence-corrected chi connectivity index (χ1v) is 6.45. The zero-order valence-electron chi connectivity index (χ0n) is 11.1. The molecule has 5 nitrogen and oxygen atoms in total. The maximum Gasteiger partial charge on any atom is 0.303 e. The lowest BCUT2D eigenvalue weighted by Crippen LogP contribution is -2.04. The van der Waals surface area contributed by atoms with E-state index in [1.54, 1.807) is 6.20 Å². The third-order valence-electron chi connectivity index (χ3n) is 3.51. The first kappa shape index (κ1) is 12.5. The standard InChI is InChI=1S/C15H15N3O2/c1-18-13(9-17-14(18)6-7-15(19)20)11-8-16-12-5-3-2-4-10(11)12/h2-5,8-9,16H,6-7H2,1H3,(H,19,20). The molecule has 2 aromatic heterocycles. The van der Waals surface area contributed by atoms with E-state index in [1.807, 2.05) is 36.0 Å². The maximum atomic E-state index is 10.7. The molecule has 0 amide bonds. The summed E-state index contributed by atoms with van der Waals surface area (Å²) in [7, 11) is 1.92. The molecule has 3 aromatic rings. The average molecular weight is 269 g/mol. The average Bonchev–Trinajstić information content (AvgIpc) is 3.00. The van der Waals surface area contributed by atoms with Crippen molar-refractivity contribution in [2.75, 3.05) is 0 Å². The second kappa shape index (κ2) is 4.85. The van der Waals surface area contributed by atoms with Crippen molar-refractivity contribution < 1.29 is 9.90 Å². The molecule has 0 unspecified atom stereocenters. The van der Waals surface area contributed by atoms with E-state index in [-0.39, 0.29) is 6.42 Å². The number of H-pyrrole nitrogens is 1. The molecule has 0 saturated carbocycles. The molecular weight excluding hydrogens is 254 g/mol. The van der Waals surface area contributed by atoms with Gasteiger partial charge in [0.15, 0.2) is 0 Å². The van der Waals surface area contributed by atoms with Crippen LogP contribution in [0.15, 0.2) is 36.7 Å². The largest absolute Gasteiger partial charge is 0.481 e. The summed E-state index contributed by atoms with van der Waals surface area (Å²) in [5.74, 6) is -0.0191. The highest BCUT2D eigenvalue weighted by molar-refractivity contribution is 5.94. The van der Waals surface area contributed by atoms with Gasteiger partial charge in [-0.1, -0.05) is 18.2 Å². The molecule has 5 heteroatoms. The first-order chi connectivity index (χ1) is 9.66. The number of aromatic nitrogens is 3. The topological polar surface area (TPSA) is 70.9 Å². The number of benzene rings is 1. The highest BCUT2D eigenvalue weighted by atomic mass is 16.4. The van der Waals surface area contributed by atoms with Gasteiger partial charge in [0.1, 0.15) is 5.82 Å². The molecule has 2 N–H and O–H groups in total. The van der Waals surface area contributed by atoms with Gasteiger partial charge in [-0.05, 0) is 6.07 Å². The Labute approximate surface area is 115 Å². The smallest absolute Gasteiger partial charge is 0.303 e. The Balaban J connectivity index is 2.00. The van der Waals surface area contributed by atoms with Gasteiger partial charge in [0.05, 0.1) is 18.3 Å². The van der Waals surface area contributed by atoms with Crippen LogP contribution < -0.4 is 0 Å². The molecule has 0 aliphatic heterocycles. The summed E-state index contributed by atoms with van der Waals surface area (Å²) < 4.78 is 1.96. The number of carboxylic acid groups (broad SMARTS) is 1. The van der Waals surface area contributed by atoms with Crippen LogP contribution in [-0.2, 0) is 18.3 Å². The Kier molecular flexibility index (Phi) is 3.02. The van der Waals surface area contributed by atoms with Gasteiger partial charge >= 0.3 is 5.97 Å². The minimum Gasteiger partial charge on any atom is -0.481 e. The molecule has 0 spiro atoms. The van der Waals surface area contributed by atoms with Crippen LogP contribution in [0.4, 0.5) is 0 Å². The Hall–Kier alpha value is -2.56. The number of aryl methyl sites for hydroxylation is 1. The van der Waals surface area contributed by atoms with Gasteiger partial charge in [0.25, 0.3) is 0 Å². The second-order valence-corrected chi connectivity index (χ2v) is 4.76. The molecule has 102 valence electrons. The zero-order valence-corrected chi connectivity index (χ0v) is 11.1. The lowest BCUT2D eigenvalue weighted by atomic mass is 10.1. The molecule has 20 heavy (non-hydrogen) atoms. The van der Waals surface area contributed by atoms with E-state index in [9.17, 15) is 4.79 Å².